The molecule has 0 aliphatic heterocycles. The van der Waals surface area contributed by atoms with Crippen LogP contribution in [0.4, 0.5) is 17.1 Å². The molecule has 2 aliphatic carbocycles. The minimum absolute atomic E-state index is 0.0654. The number of rotatable bonds is 8. The third kappa shape index (κ3) is 6.46. The van der Waals surface area contributed by atoms with Crippen LogP contribution >= 0.6 is 0 Å². The summed E-state index contributed by atoms with van der Waals surface area (Å²) in [5, 5.41) is 2.51. The molecule has 1 nitrogen and oxygen atoms in total. The number of hydrogen-bond donors (Lipinski definition) is 0. The van der Waals surface area contributed by atoms with Gasteiger partial charge in [0.2, 0.25) is 0 Å². The Labute approximate surface area is 405 Å². The molecule has 0 N–H and O–H groups in total. The van der Waals surface area contributed by atoms with Crippen molar-refractivity contribution in [2.24, 2.45) is 0 Å². The molecule has 0 radical (unpaired) electrons. The Kier molecular flexibility index (Phi) is 9.49. The van der Waals surface area contributed by atoms with Gasteiger partial charge in [0, 0.05) is 22.5 Å². The average Bonchev–Trinajstić information content (AvgIpc) is 3.84. The lowest BCUT2D eigenvalue weighted by Crippen LogP contribution is -2.28. The summed E-state index contributed by atoms with van der Waals surface area (Å²) in [5.41, 5.74) is 23.1. The van der Waals surface area contributed by atoms with E-state index in [0.717, 1.165) is 17.1 Å². The van der Waals surface area contributed by atoms with Crippen LogP contribution in [0.15, 0.2) is 261 Å². The summed E-state index contributed by atoms with van der Waals surface area (Å²) in [7, 11) is 0. The molecule has 0 aromatic heterocycles. The lowest BCUT2D eigenvalue weighted by atomic mass is 9.67. The molecule has 69 heavy (non-hydrogen) atoms. The first kappa shape index (κ1) is 40.7. The minimum atomic E-state index is -0.514. The molecule has 13 rings (SSSR count). The Balaban J connectivity index is 0.947. The second-order valence-corrected chi connectivity index (χ2v) is 19.2. The molecule has 1 heteroatoms. The van der Waals surface area contributed by atoms with Gasteiger partial charge in [0.1, 0.15) is 0 Å². The van der Waals surface area contributed by atoms with Crippen LogP contribution in [0.3, 0.4) is 0 Å². The fourth-order valence-corrected chi connectivity index (χ4v) is 11.9. The number of nitrogens with zero attached hydrogens (tertiary/aromatic N) is 1. The quantitative estimate of drug-likeness (QED) is 0.147. The van der Waals surface area contributed by atoms with Gasteiger partial charge >= 0.3 is 0 Å². The van der Waals surface area contributed by atoms with Crippen molar-refractivity contribution in [2.75, 3.05) is 4.90 Å². The molecule has 0 amide bonds. The van der Waals surface area contributed by atoms with Gasteiger partial charge in [-0.3, -0.25) is 0 Å². The van der Waals surface area contributed by atoms with E-state index in [1.165, 1.54) is 99.8 Å². The molecule has 0 saturated heterocycles. The van der Waals surface area contributed by atoms with Gasteiger partial charge in [0.15, 0.2) is 0 Å². The maximum atomic E-state index is 2.46. The predicted molar refractivity (Wildman–Crippen MR) is 290 cm³/mol. The monoisotopic (exact) mass is 879 g/mol. The SMILES string of the molecule is CC1(C)c2ccccc2-c2ccc(-c3ccc(N(c4ccc(-c5cccc(-c6cccc7ccccc67)c5)cc4)c4ccc5c(c4)C(c4ccccc4)(c4ccccc4)c4ccccc4-5)cc3)cc21. The van der Waals surface area contributed by atoms with Crippen LogP contribution < -0.4 is 4.90 Å². The number of anilines is 3. The van der Waals surface area contributed by atoms with Gasteiger partial charge in [-0.15, -0.1) is 0 Å². The zero-order valence-electron chi connectivity index (χ0n) is 38.8. The van der Waals surface area contributed by atoms with Gasteiger partial charge in [-0.05, 0) is 148 Å². The van der Waals surface area contributed by atoms with Crippen LogP contribution in [-0.4, -0.2) is 0 Å². The number of benzene rings is 11. The van der Waals surface area contributed by atoms with Crippen LogP contribution in [0.1, 0.15) is 47.2 Å². The van der Waals surface area contributed by atoms with E-state index in [9.17, 15) is 0 Å². The van der Waals surface area contributed by atoms with Crippen molar-refractivity contribution in [3.63, 3.8) is 0 Å². The molecule has 0 saturated carbocycles. The Morgan fingerprint density at radius 3 is 1.43 bits per heavy atom. The van der Waals surface area contributed by atoms with Crippen molar-refractivity contribution < 1.29 is 0 Å². The first-order valence-electron chi connectivity index (χ1n) is 24.2. The fraction of sp³-hybridized carbons (Fsp3) is 0.0588. The fourth-order valence-electron chi connectivity index (χ4n) is 11.9. The zero-order chi connectivity index (χ0) is 46.1. The van der Waals surface area contributed by atoms with E-state index in [1.54, 1.807) is 0 Å². The molecule has 0 fully saturated rings. The largest absolute Gasteiger partial charge is 0.310 e. The van der Waals surface area contributed by atoms with Crippen LogP contribution in [0.25, 0.3) is 66.4 Å². The topological polar surface area (TPSA) is 3.24 Å². The average molecular weight is 880 g/mol. The maximum Gasteiger partial charge on any atom is 0.0714 e. The van der Waals surface area contributed by atoms with E-state index in [0.29, 0.717) is 0 Å². The van der Waals surface area contributed by atoms with Crippen molar-refractivity contribution in [3.05, 3.63) is 294 Å². The smallest absolute Gasteiger partial charge is 0.0714 e. The summed E-state index contributed by atoms with van der Waals surface area (Å²) in [6.07, 6.45) is 0. The molecule has 0 unspecified atom stereocenters. The third-order valence-electron chi connectivity index (χ3n) is 15.2. The van der Waals surface area contributed by atoms with Crippen molar-refractivity contribution in [1.82, 2.24) is 0 Å². The van der Waals surface area contributed by atoms with Gasteiger partial charge in [0.25, 0.3) is 0 Å². The highest BCUT2D eigenvalue weighted by Crippen LogP contribution is 2.57. The first-order valence-corrected chi connectivity index (χ1v) is 24.2. The molecular weight excluding hydrogens is 831 g/mol. The Morgan fingerprint density at radius 1 is 0.275 bits per heavy atom. The maximum absolute atomic E-state index is 2.46. The van der Waals surface area contributed by atoms with Crippen molar-refractivity contribution in [2.45, 2.75) is 24.7 Å². The lowest BCUT2D eigenvalue weighted by molar-refractivity contribution is 0.660. The number of hydrogen-bond acceptors (Lipinski definition) is 1. The predicted octanol–water partition coefficient (Wildman–Crippen LogP) is 18.0. The van der Waals surface area contributed by atoms with E-state index < -0.39 is 5.41 Å². The second kappa shape index (κ2) is 16.1. The van der Waals surface area contributed by atoms with E-state index in [4.69, 9.17) is 0 Å². The molecular formula is C68H49N. The molecule has 0 heterocycles. The van der Waals surface area contributed by atoms with E-state index in [1.807, 2.05) is 0 Å². The van der Waals surface area contributed by atoms with Crippen LogP contribution in [-0.2, 0) is 10.8 Å². The highest BCUT2D eigenvalue weighted by Gasteiger charge is 2.46. The van der Waals surface area contributed by atoms with E-state index in [2.05, 4.69) is 280 Å². The van der Waals surface area contributed by atoms with Gasteiger partial charge < -0.3 is 4.90 Å². The van der Waals surface area contributed by atoms with Gasteiger partial charge in [-0.2, -0.15) is 0 Å². The molecule has 11 aromatic carbocycles. The van der Waals surface area contributed by atoms with Crippen molar-refractivity contribution >= 4 is 27.8 Å². The lowest BCUT2D eigenvalue weighted by Gasteiger charge is -2.35. The van der Waals surface area contributed by atoms with Gasteiger partial charge in [0.05, 0.1) is 5.41 Å². The van der Waals surface area contributed by atoms with Gasteiger partial charge in [-0.25, -0.2) is 0 Å². The van der Waals surface area contributed by atoms with Gasteiger partial charge in [-0.1, -0.05) is 226 Å². The minimum Gasteiger partial charge on any atom is -0.310 e. The summed E-state index contributed by atoms with van der Waals surface area (Å²) in [6.45, 7) is 4.71. The summed E-state index contributed by atoms with van der Waals surface area (Å²) < 4.78 is 0. The third-order valence-corrected chi connectivity index (χ3v) is 15.2. The highest BCUT2D eigenvalue weighted by atomic mass is 15.1. The zero-order valence-corrected chi connectivity index (χ0v) is 38.8. The molecule has 0 spiro atoms. The van der Waals surface area contributed by atoms with Crippen LogP contribution in [0.5, 0.6) is 0 Å². The Bertz CT molecular complexity index is 3690. The Hall–Kier alpha value is -8.52. The van der Waals surface area contributed by atoms with Crippen LogP contribution in [0.2, 0.25) is 0 Å². The second-order valence-electron chi connectivity index (χ2n) is 19.2. The highest BCUT2D eigenvalue weighted by molar-refractivity contribution is 5.97. The first-order chi connectivity index (χ1) is 34.0. The normalized spacial score (nSPS) is 13.6. The van der Waals surface area contributed by atoms with Crippen molar-refractivity contribution in [3.8, 4) is 55.6 Å². The standard InChI is InChI=1S/C68H49N/c1-67(2)63-29-13-11-26-59(63)61-41-35-50(44-65(61)67)47-33-38-55(39-34-47)69(54-36-31-46(32-37-54)49-19-15-20-51(43-49)58-28-16-18-48-17-9-10-25-57(48)58)56-40-42-62-60-27-12-14-30-64(60)68(66(62)45-56,52-21-5-3-6-22-52)53-23-7-4-8-24-53/h3-45H,1-2H3. The molecule has 11 aromatic rings. The summed E-state index contributed by atoms with van der Waals surface area (Å²) in [5.74, 6) is 0. The molecule has 0 bridgehead atoms. The van der Waals surface area contributed by atoms with E-state index >= 15 is 0 Å². The number of fused-ring (bicyclic) bond motifs is 7. The summed E-state index contributed by atoms with van der Waals surface area (Å²) in [6, 6.07) is 96.8. The molecule has 2 aliphatic rings. The van der Waals surface area contributed by atoms with Crippen LogP contribution in [0, 0.1) is 0 Å². The summed E-state index contributed by atoms with van der Waals surface area (Å²) >= 11 is 0. The summed E-state index contributed by atoms with van der Waals surface area (Å²) in [4.78, 5) is 2.44. The molecule has 0 atom stereocenters. The van der Waals surface area contributed by atoms with Crippen molar-refractivity contribution in [1.29, 1.82) is 0 Å². The van der Waals surface area contributed by atoms with E-state index in [-0.39, 0.29) is 5.41 Å². The molecule has 326 valence electrons. The Morgan fingerprint density at radius 2 is 0.739 bits per heavy atom.